The molecule has 0 spiro atoms. The summed E-state index contributed by atoms with van der Waals surface area (Å²) in [5, 5.41) is 37.9. The van der Waals surface area contributed by atoms with Gasteiger partial charge in [0.05, 0.1) is 56.5 Å². The predicted molar refractivity (Wildman–Crippen MR) is 488 cm³/mol. The number of rotatable bonds is 21. The number of aromatic nitrogens is 6. The third kappa shape index (κ3) is 19.4. The standard InChI is InChI=1S/C34H44N6O3.C32H38N6O3.C31H38N6O3/c1-4-32(42)40-24(2)21-39(22-25(40)3)33-29-13-17-38(31-20-27(41)19-26-11-6-7-12-28(26)31)23-30(29)35-34(36-33)43-18-10-16-37-14-8-5-9-15-37;1-2-30(40)35-13-15-36(16-14-35)31-27-10-12-38(29-18-25(39)17-23-5-3-4-6-26(23)29)20-28(27)33-32(34-31)41-21-22-9-11-37(19-22)24-7-8-24;1-3-29(39)35-13-15-36(16-14-35)30-26-10-12-37(28-18-24(38)17-23-8-4-5-9-25(23)28)20-27(26)32-31(33-30)40-21-22-7-6-11-34(2)19-22/h4,6-7,11-12,19-20,24-25,41H,1,5,8-10,13-18,21-23H2,2-3H3;2-6,17-18,22,24,39H,1,7-16,19-21H2;3-5,8-9,17-18,22,38H,1,6-7,10-16,19-21H2,2H3/t24-,25+;;22-/m..1/s1. The smallest absolute Gasteiger partial charge is 0.318 e. The molecule has 27 heteroatoms. The van der Waals surface area contributed by atoms with Crippen LogP contribution in [0.2, 0.25) is 0 Å². The van der Waals surface area contributed by atoms with Crippen LogP contribution in [0.15, 0.2) is 147 Å². The third-order valence-electron chi connectivity index (χ3n) is 26.6. The number of benzene rings is 6. The van der Waals surface area contributed by atoms with Crippen LogP contribution < -0.4 is 43.6 Å². The van der Waals surface area contributed by atoms with E-state index < -0.39 is 0 Å². The van der Waals surface area contributed by atoms with Gasteiger partial charge in [-0.1, -0.05) is 99.0 Å². The van der Waals surface area contributed by atoms with Crippen molar-refractivity contribution in [3.05, 3.63) is 181 Å². The van der Waals surface area contributed by atoms with Crippen LogP contribution in [0.4, 0.5) is 34.5 Å². The average Bonchev–Trinajstić information content (AvgIpc) is 1.15. The van der Waals surface area contributed by atoms with Crippen molar-refractivity contribution in [2.45, 2.75) is 129 Å². The van der Waals surface area contributed by atoms with Gasteiger partial charge in [0.1, 0.15) is 34.7 Å². The molecule has 10 aliphatic rings. The van der Waals surface area contributed by atoms with Crippen LogP contribution in [-0.4, -0.2) is 268 Å². The number of piperazine rings is 3. The largest absolute Gasteiger partial charge is 0.508 e. The maximum absolute atomic E-state index is 12.6. The minimum Gasteiger partial charge on any atom is -0.508 e. The number of ether oxygens (including phenoxy) is 3. The summed E-state index contributed by atoms with van der Waals surface area (Å²) >= 11 is 0. The minimum atomic E-state index is -0.0314. The van der Waals surface area contributed by atoms with Gasteiger partial charge in [0.2, 0.25) is 17.7 Å². The van der Waals surface area contributed by atoms with Crippen LogP contribution in [0, 0.1) is 11.8 Å². The van der Waals surface area contributed by atoms with Gasteiger partial charge in [0, 0.05) is 203 Å². The summed E-state index contributed by atoms with van der Waals surface area (Å²) in [6, 6.07) is 37.6. The number of likely N-dealkylation sites (tertiary alicyclic amines) is 3. The van der Waals surface area contributed by atoms with Crippen molar-refractivity contribution in [1.82, 2.24) is 59.3 Å². The summed E-state index contributed by atoms with van der Waals surface area (Å²) < 4.78 is 18.9. The molecule has 3 amide bonds. The molecule has 9 aromatic rings. The molecule has 1 saturated carbocycles. The first-order valence-corrected chi connectivity index (χ1v) is 45.1. The molecule has 19 rings (SSSR count). The molecule has 27 nitrogen and oxygen atoms in total. The molecular formula is C97H120N18O9. The highest BCUT2D eigenvalue weighted by atomic mass is 16.5. The molecule has 3 aromatic heterocycles. The van der Waals surface area contributed by atoms with Gasteiger partial charge in [0.15, 0.2) is 0 Å². The first-order valence-electron chi connectivity index (χ1n) is 45.1. The molecule has 9 aliphatic heterocycles. The lowest BCUT2D eigenvalue weighted by Crippen LogP contribution is -2.58. The van der Waals surface area contributed by atoms with E-state index in [0.717, 1.165) is 198 Å². The van der Waals surface area contributed by atoms with E-state index in [1.54, 1.807) is 0 Å². The van der Waals surface area contributed by atoms with Gasteiger partial charge in [-0.05, 0) is 170 Å². The number of amides is 3. The van der Waals surface area contributed by atoms with Gasteiger partial charge in [-0.15, -0.1) is 0 Å². The normalized spacial score (nSPS) is 20.8. The summed E-state index contributed by atoms with van der Waals surface area (Å²) in [6.07, 6.45) is 17.5. The Labute approximate surface area is 727 Å². The molecule has 1 unspecified atom stereocenters. The highest BCUT2D eigenvalue weighted by Crippen LogP contribution is 2.42. The number of carbonyl (C=O) groups excluding carboxylic acids is 3. The molecule has 6 saturated heterocycles. The number of anilines is 6. The fraction of sp³-hybridized carbons (Fsp3) is 0.474. The molecule has 3 N–H and O–H groups in total. The van der Waals surface area contributed by atoms with Crippen LogP contribution in [0.1, 0.15) is 105 Å². The molecule has 124 heavy (non-hydrogen) atoms. The van der Waals surface area contributed by atoms with Crippen LogP contribution in [0.5, 0.6) is 35.3 Å². The Morgan fingerprint density at radius 2 is 0.847 bits per heavy atom. The zero-order valence-corrected chi connectivity index (χ0v) is 72.3. The molecule has 0 radical (unpaired) electrons. The Kier molecular flexibility index (Phi) is 26.1. The Balaban J connectivity index is 0.000000132. The number of piperidine rings is 2. The molecule has 7 fully saturated rings. The second-order valence-electron chi connectivity index (χ2n) is 35.3. The summed E-state index contributed by atoms with van der Waals surface area (Å²) in [5.74, 6) is 4.44. The number of aromatic hydroxyl groups is 3. The number of hydrogen-bond donors (Lipinski definition) is 3. The second kappa shape index (κ2) is 38.3. The van der Waals surface area contributed by atoms with Gasteiger partial charge >= 0.3 is 18.0 Å². The van der Waals surface area contributed by atoms with Crippen molar-refractivity contribution in [2.75, 3.05) is 187 Å². The summed E-state index contributed by atoms with van der Waals surface area (Å²) in [4.78, 5) is 93.6. The van der Waals surface area contributed by atoms with Crippen molar-refractivity contribution in [3.8, 4) is 35.3 Å². The van der Waals surface area contributed by atoms with Crippen LogP contribution in [0.3, 0.4) is 0 Å². The van der Waals surface area contributed by atoms with E-state index in [0.29, 0.717) is 135 Å². The predicted octanol–water partition coefficient (Wildman–Crippen LogP) is 11.8. The highest BCUT2D eigenvalue weighted by Gasteiger charge is 2.39. The first-order chi connectivity index (χ1) is 60.4. The van der Waals surface area contributed by atoms with Gasteiger partial charge in [-0.2, -0.15) is 29.9 Å². The molecule has 12 heterocycles. The van der Waals surface area contributed by atoms with E-state index in [4.69, 9.17) is 44.1 Å². The lowest BCUT2D eigenvalue weighted by Gasteiger charge is -2.45. The zero-order valence-electron chi connectivity index (χ0n) is 72.3. The molecule has 652 valence electrons. The summed E-state index contributed by atoms with van der Waals surface area (Å²) in [6.45, 7) is 35.7. The van der Waals surface area contributed by atoms with Crippen molar-refractivity contribution < 1.29 is 43.9 Å². The Hall–Kier alpha value is -11.6. The highest BCUT2D eigenvalue weighted by molar-refractivity contribution is 5.98. The Bertz CT molecular complexity index is 5370. The van der Waals surface area contributed by atoms with E-state index in [1.807, 2.05) is 106 Å². The van der Waals surface area contributed by atoms with Gasteiger partial charge in [-0.25, -0.2) is 0 Å². The van der Waals surface area contributed by atoms with Gasteiger partial charge < -0.3 is 83.4 Å². The Morgan fingerprint density at radius 1 is 0.427 bits per heavy atom. The summed E-state index contributed by atoms with van der Waals surface area (Å²) in [7, 11) is 2.16. The third-order valence-corrected chi connectivity index (χ3v) is 26.6. The number of hydrogen-bond acceptors (Lipinski definition) is 24. The number of nitrogens with zero attached hydrogens (tertiary/aromatic N) is 18. The SMILES string of the molecule is C=CC(=O)N1CCN(c2nc(OCC3CCN(C4CC4)C3)nc3c2CCN(c2cc(O)cc4ccccc24)C3)CC1.C=CC(=O)N1CCN(c2nc(OC[C@@H]3CCCN(C)C3)nc3c2CCN(c2cc(O)cc4ccccc24)C3)CC1.C=CC(=O)N1[C@H](C)CN(c2nc(OCCCN3CCCCC3)nc3c2CCN(c2cc(O)cc4ccccc24)C3)C[C@@H]1C. The number of phenols is 3. The maximum Gasteiger partial charge on any atom is 0.318 e. The second-order valence-corrected chi connectivity index (χ2v) is 35.3. The zero-order chi connectivity index (χ0) is 85.5. The number of phenolic OH excluding ortho intramolecular Hbond substituents is 3. The van der Waals surface area contributed by atoms with Crippen LogP contribution in [0.25, 0.3) is 32.3 Å². The van der Waals surface area contributed by atoms with E-state index >= 15 is 0 Å². The number of carbonyl (C=O) groups is 3. The minimum absolute atomic E-state index is 0.0209. The molecule has 0 bridgehead atoms. The van der Waals surface area contributed by atoms with Gasteiger partial charge in [-0.3, -0.25) is 19.3 Å². The van der Waals surface area contributed by atoms with Crippen molar-refractivity contribution in [1.29, 1.82) is 0 Å². The van der Waals surface area contributed by atoms with E-state index in [1.165, 1.54) is 69.8 Å². The van der Waals surface area contributed by atoms with Crippen LogP contribution in [-0.2, 0) is 53.3 Å². The molecular weight excluding hydrogens is 1560 g/mol. The van der Waals surface area contributed by atoms with Crippen molar-refractivity contribution in [3.63, 3.8) is 0 Å². The fourth-order valence-corrected chi connectivity index (χ4v) is 20.1. The van der Waals surface area contributed by atoms with Crippen molar-refractivity contribution in [2.24, 2.45) is 11.8 Å². The maximum atomic E-state index is 12.6. The van der Waals surface area contributed by atoms with Crippen LogP contribution >= 0.6 is 0 Å². The van der Waals surface area contributed by atoms with E-state index in [9.17, 15) is 29.7 Å². The average molecular weight is 1680 g/mol. The lowest BCUT2D eigenvalue weighted by atomic mass is 10.00. The molecule has 6 aromatic carbocycles. The molecule has 4 atom stereocenters. The lowest BCUT2D eigenvalue weighted by molar-refractivity contribution is -0.130. The van der Waals surface area contributed by atoms with E-state index in [-0.39, 0.29) is 47.1 Å². The fourth-order valence-electron chi connectivity index (χ4n) is 20.1. The number of fused-ring (bicyclic) bond motifs is 6. The topological polar surface area (TPSA) is 256 Å². The van der Waals surface area contributed by atoms with Gasteiger partial charge in [0.25, 0.3) is 0 Å². The summed E-state index contributed by atoms with van der Waals surface area (Å²) in [5.41, 5.74) is 9.36. The quantitative estimate of drug-likeness (QED) is 0.0446. The monoisotopic (exact) mass is 1680 g/mol. The van der Waals surface area contributed by atoms with Crippen molar-refractivity contribution >= 4 is 84.6 Å². The Morgan fingerprint density at radius 3 is 1.27 bits per heavy atom. The van der Waals surface area contributed by atoms with E-state index in [2.05, 4.69) is 103 Å². The molecule has 1 aliphatic carbocycles. The first kappa shape index (κ1) is 84.7.